The van der Waals surface area contributed by atoms with Crippen molar-refractivity contribution < 1.29 is 9.59 Å². The summed E-state index contributed by atoms with van der Waals surface area (Å²) in [5, 5.41) is 0. The van der Waals surface area contributed by atoms with E-state index in [1.54, 1.807) is 0 Å². The molecule has 0 bridgehead atoms. The van der Waals surface area contributed by atoms with Gasteiger partial charge in [-0.3, -0.25) is 9.69 Å². The van der Waals surface area contributed by atoms with Crippen molar-refractivity contribution >= 4 is 20.2 Å². The SMILES string of the molecule is CC(C)[Si](C(C)C)(C(C)C)N1C(=O)N(Cc2ccccc2)C(=O)C1(Cc1ccccc1)c1ccccc1. The summed E-state index contributed by atoms with van der Waals surface area (Å²) in [5.74, 6) is -0.116. The van der Waals surface area contributed by atoms with Gasteiger partial charge in [0.15, 0.2) is 8.24 Å². The van der Waals surface area contributed by atoms with E-state index < -0.39 is 13.8 Å². The molecule has 194 valence electrons. The summed E-state index contributed by atoms with van der Waals surface area (Å²) >= 11 is 0. The molecule has 1 unspecified atom stereocenters. The lowest BCUT2D eigenvalue weighted by molar-refractivity contribution is -0.133. The average Bonchev–Trinajstić information content (AvgIpc) is 3.08. The quantitative estimate of drug-likeness (QED) is 0.217. The van der Waals surface area contributed by atoms with Gasteiger partial charge in [0.2, 0.25) is 0 Å². The van der Waals surface area contributed by atoms with Gasteiger partial charge in [-0.15, -0.1) is 0 Å². The van der Waals surface area contributed by atoms with Crippen LogP contribution in [-0.2, 0) is 23.3 Å². The largest absolute Gasteiger partial charge is 0.333 e. The number of carbonyl (C=O) groups excluding carboxylic acids is 2. The Hall–Kier alpha value is -3.18. The molecule has 0 spiro atoms. The van der Waals surface area contributed by atoms with Crippen molar-refractivity contribution in [3.8, 4) is 0 Å². The Balaban J connectivity index is 2.04. The Kier molecular flexibility index (Phi) is 7.74. The van der Waals surface area contributed by atoms with E-state index in [1.165, 1.54) is 4.90 Å². The molecule has 0 aromatic heterocycles. The lowest BCUT2D eigenvalue weighted by Gasteiger charge is -2.54. The molecular weight excluding hydrogens is 472 g/mol. The predicted octanol–water partition coefficient (Wildman–Crippen LogP) is 7.76. The second-order valence-electron chi connectivity index (χ2n) is 11.2. The van der Waals surface area contributed by atoms with Crippen LogP contribution in [0, 0.1) is 0 Å². The van der Waals surface area contributed by atoms with Crippen molar-refractivity contribution in [3.05, 3.63) is 108 Å². The van der Waals surface area contributed by atoms with Gasteiger partial charge in [0.25, 0.3) is 5.91 Å². The molecule has 1 aliphatic heterocycles. The standard InChI is InChI=1S/C32H40N2O2Si/c1-24(2)37(25(3)4,26(5)6)34-31(36)33(23-28-18-12-8-13-19-28)30(35)32(34,29-20-14-9-15-21-29)22-27-16-10-7-11-17-27/h7-21,24-26H,22-23H2,1-6H3. The molecule has 1 saturated heterocycles. The van der Waals surface area contributed by atoms with E-state index in [0.29, 0.717) is 6.42 Å². The number of benzene rings is 3. The predicted molar refractivity (Wildman–Crippen MR) is 154 cm³/mol. The Morgan fingerprint density at radius 3 is 1.54 bits per heavy atom. The Morgan fingerprint density at radius 2 is 1.08 bits per heavy atom. The molecule has 0 aliphatic carbocycles. The smallest absolute Gasteiger partial charge is 0.320 e. The number of hydrogen-bond donors (Lipinski definition) is 0. The number of carbonyl (C=O) groups is 2. The maximum absolute atomic E-state index is 14.9. The minimum atomic E-state index is -2.61. The Labute approximate surface area is 223 Å². The number of amides is 3. The Bertz CT molecular complexity index is 1190. The van der Waals surface area contributed by atoms with Crippen molar-refractivity contribution in [1.82, 2.24) is 9.47 Å². The number of hydrogen-bond acceptors (Lipinski definition) is 2. The van der Waals surface area contributed by atoms with E-state index in [0.717, 1.165) is 16.7 Å². The maximum Gasteiger partial charge on any atom is 0.320 e. The number of nitrogens with zero attached hydrogens (tertiary/aromatic N) is 2. The van der Waals surface area contributed by atoms with Gasteiger partial charge in [0, 0.05) is 6.42 Å². The molecule has 37 heavy (non-hydrogen) atoms. The van der Waals surface area contributed by atoms with Gasteiger partial charge < -0.3 is 4.57 Å². The van der Waals surface area contributed by atoms with E-state index in [4.69, 9.17) is 0 Å². The van der Waals surface area contributed by atoms with Gasteiger partial charge in [0.1, 0.15) is 5.54 Å². The van der Waals surface area contributed by atoms with E-state index >= 15 is 0 Å². The third kappa shape index (κ3) is 4.44. The van der Waals surface area contributed by atoms with E-state index in [1.807, 2.05) is 78.9 Å². The van der Waals surface area contributed by atoms with Crippen molar-refractivity contribution in [2.24, 2.45) is 0 Å². The first-order valence-electron chi connectivity index (χ1n) is 13.5. The van der Waals surface area contributed by atoms with Crippen LogP contribution in [0.3, 0.4) is 0 Å². The van der Waals surface area contributed by atoms with Crippen molar-refractivity contribution in [3.63, 3.8) is 0 Å². The summed E-state index contributed by atoms with van der Waals surface area (Å²) in [6.45, 7) is 13.8. The molecule has 1 heterocycles. The highest BCUT2D eigenvalue weighted by Crippen LogP contribution is 2.53. The van der Waals surface area contributed by atoms with Crippen LogP contribution < -0.4 is 0 Å². The topological polar surface area (TPSA) is 40.6 Å². The third-order valence-corrected chi connectivity index (χ3v) is 15.2. The molecule has 3 aromatic carbocycles. The van der Waals surface area contributed by atoms with Crippen LogP contribution in [-0.4, -0.2) is 29.6 Å². The minimum Gasteiger partial charge on any atom is -0.333 e. The highest BCUT2D eigenvalue weighted by Gasteiger charge is 2.66. The van der Waals surface area contributed by atoms with Crippen LogP contribution in [0.15, 0.2) is 91.0 Å². The summed E-state index contributed by atoms with van der Waals surface area (Å²) in [6, 6.07) is 29.9. The highest BCUT2D eigenvalue weighted by molar-refractivity contribution is 6.83. The maximum atomic E-state index is 14.9. The van der Waals surface area contributed by atoms with Gasteiger partial charge in [0.05, 0.1) is 6.54 Å². The molecule has 4 rings (SSSR count). The molecule has 0 N–H and O–H groups in total. The number of rotatable bonds is 9. The molecule has 4 nitrogen and oxygen atoms in total. The molecular formula is C32H40N2O2Si. The van der Waals surface area contributed by atoms with Crippen LogP contribution in [0.4, 0.5) is 4.79 Å². The van der Waals surface area contributed by atoms with Crippen molar-refractivity contribution in [2.45, 2.75) is 76.7 Å². The monoisotopic (exact) mass is 512 g/mol. The Morgan fingerprint density at radius 1 is 0.649 bits per heavy atom. The average molecular weight is 513 g/mol. The van der Waals surface area contributed by atoms with E-state index in [2.05, 4.69) is 58.2 Å². The zero-order valence-corrected chi connectivity index (χ0v) is 24.0. The summed E-state index contributed by atoms with van der Waals surface area (Å²) in [5.41, 5.74) is 2.60. The van der Waals surface area contributed by atoms with Gasteiger partial charge in [-0.2, -0.15) is 0 Å². The van der Waals surface area contributed by atoms with Crippen molar-refractivity contribution in [2.75, 3.05) is 0 Å². The molecule has 0 radical (unpaired) electrons. The second-order valence-corrected chi connectivity index (χ2v) is 16.9. The fraction of sp³-hybridized carbons (Fsp3) is 0.375. The first-order valence-corrected chi connectivity index (χ1v) is 15.6. The van der Waals surface area contributed by atoms with Crippen LogP contribution in [0.25, 0.3) is 0 Å². The van der Waals surface area contributed by atoms with Gasteiger partial charge in [-0.1, -0.05) is 133 Å². The molecule has 1 atom stereocenters. The summed E-state index contributed by atoms with van der Waals surface area (Å²) in [6.07, 6.45) is 0.453. The highest BCUT2D eigenvalue weighted by atomic mass is 28.3. The summed E-state index contributed by atoms with van der Waals surface area (Å²) < 4.78 is 2.15. The fourth-order valence-corrected chi connectivity index (χ4v) is 13.9. The first kappa shape index (κ1) is 26.9. The van der Waals surface area contributed by atoms with E-state index in [-0.39, 0.29) is 35.1 Å². The zero-order chi connectivity index (χ0) is 26.8. The third-order valence-electron chi connectivity index (χ3n) is 8.30. The fourth-order valence-electron chi connectivity index (χ4n) is 6.98. The van der Waals surface area contributed by atoms with Crippen molar-refractivity contribution in [1.29, 1.82) is 0 Å². The first-order chi connectivity index (χ1) is 17.7. The molecule has 3 amide bonds. The van der Waals surface area contributed by atoms with Crippen LogP contribution in [0.1, 0.15) is 58.2 Å². The van der Waals surface area contributed by atoms with Crippen LogP contribution in [0.2, 0.25) is 16.6 Å². The normalized spacial score (nSPS) is 18.5. The molecule has 5 heteroatoms. The van der Waals surface area contributed by atoms with Gasteiger partial charge >= 0.3 is 6.03 Å². The van der Waals surface area contributed by atoms with Gasteiger partial charge in [-0.25, -0.2) is 4.79 Å². The molecule has 1 aliphatic rings. The number of imide groups is 1. The number of urea groups is 1. The van der Waals surface area contributed by atoms with Crippen LogP contribution in [0.5, 0.6) is 0 Å². The molecule has 1 fully saturated rings. The van der Waals surface area contributed by atoms with E-state index in [9.17, 15) is 9.59 Å². The zero-order valence-electron chi connectivity index (χ0n) is 23.0. The summed E-state index contributed by atoms with van der Waals surface area (Å²) in [7, 11) is -2.61. The van der Waals surface area contributed by atoms with Gasteiger partial charge in [-0.05, 0) is 33.3 Å². The lowest BCUT2D eigenvalue weighted by Crippen LogP contribution is -2.67. The molecule has 3 aromatic rings. The summed E-state index contributed by atoms with van der Waals surface area (Å²) in [4.78, 5) is 31.1. The van der Waals surface area contributed by atoms with Crippen LogP contribution >= 0.6 is 0 Å². The second kappa shape index (κ2) is 10.7. The minimum absolute atomic E-state index is 0.116. The lowest BCUT2D eigenvalue weighted by atomic mass is 9.83. The molecule has 0 saturated carbocycles.